The summed E-state index contributed by atoms with van der Waals surface area (Å²) in [6.07, 6.45) is 1.37. The molecule has 1 fully saturated rings. The van der Waals surface area contributed by atoms with Crippen LogP contribution in [0.5, 0.6) is 0 Å². The Bertz CT molecular complexity index is 991. The highest BCUT2D eigenvalue weighted by molar-refractivity contribution is 7.89. The zero-order valence-electron chi connectivity index (χ0n) is 15.7. The number of nitrogens with one attached hydrogen (secondary N) is 1. The lowest BCUT2D eigenvalue weighted by atomic mass is 9.96. The number of halogens is 1. The maximum absolute atomic E-state index is 13.1. The molecule has 1 aliphatic heterocycles. The lowest BCUT2D eigenvalue weighted by Gasteiger charge is -2.32. The Labute approximate surface area is 168 Å². The van der Waals surface area contributed by atoms with Gasteiger partial charge in [-0.15, -0.1) is 0 Å². The summed E-state index contributed by atoms with van der Waals surface area (Å²) >= 11 is 0. The third-order valence-electron chi connectivity index (χ3n) is 4.89. The highest BCUT2D eigenvalue weighted by atomic mass is 32.2. The summed E-state index contributed by atoms with van der Waals surface area (Å²) in [5, 5.41) is 7.89. The fourth-order valence-electron chi connectivity index (χ4n) is 3.28. The van der Waals surface area contributed by atoms with Crippen molar-refractivity contribution in [3.05, 3.63) is 65.5 Å². The Morgan fingerprint density at radius 2 is 1.76 bits per heavy atom. The van der Waals surface area contributed by atoms with Crippen LogP contribution in [-0.4, -0.2) is 38.2 Å². The van der Waals surface area contributed by atoms with Gasteiger partial charge < -0.3 is 10.2 Å². The number of carbonyl (C=O) groups excluding carboxylic acids is 2. The van der Waals surface area contributed by atoms with Crippen LogP contribution in [0.2, 0.25) is 0 Å². The molecule has 7 nitrogen and oxygen atoms in total. The number of hydrogen-bond donors (Lipinski definition) is 2. The number of rotatable bonds is 5. The Morgan fingerprint density at radius 3 is 2.38 bits per heavy atom. The highest BCUT2D eigenvalue weighted by Gasteiger charge is 2.28. The molecule has 2 aromatic carbocycles. The van der Waals surface area contributed by atoms with Gasteiger partial charge in [-0.05, 0) is 54.8 Å². The number of primary sulfonamides is 1. The molecular weight excluding hydrogens is 397 g/mol. The maximum atomic E-state index is 13.1. The lowest BCUT2D eigenvalue weighted by molar-refractivity contribution is -0.126. The predicted octanol–water partition coefficient (Wildman–Crippen LogP) is 1.64. The quantitative estimate of drug-likeness (QED) is 0.768. The first kappa shape index (κ1) is 20.9. The van der Waals surface area contributed by atoms with Crippen LogP contribution in [0.4, 0.5) is 4.39 Å². The number of hydrogen-bond acceptors (Lipinski definition) is 4. The molecule has 0 bridgehead atoms. The lowest BCUT2D eigenvalue weighted by Crippen LogP contribution is -2.45. The second-order valence-corrected chi connectivity index (χ2v) is 8.57. The van der Waals surface area contributed by atoms with Crippen molar-refractivity contribution in [2.45, 2.75) is 24.3 Å². The molecule has 0 aliphatic carbocycles. The van der Waals surface area contributed by atoms with Crippen LogP contribution < -0.4 is 10.5 Å². The topological polar surface area (TPSA) is 110 Å². The Morgan fingerprint density at radius 1 is 1.10 bits per heavy atom. The van der Waals surface area contributed by atoms with Crippen LogP contribution in [0.15, 0.2) is 53.4 Å². The van der Waals surface area contributed by atoms with Gasteiger partial charge >= 0.3 is 0 Å². The standard InChI is InChI=1S/C20H22FN3O4S/c21-17-7-5-15(6-8-17)20(26)24-11-1-2-16(13-24)19(25)23-12-14-3-9-18(10-4-14)29(22,27)28/h3-10,16H,1-2,11-13H2,(H,23,25)(H2,22,27,28)/t16-/m0/s1. The smallest absolute Gasteiger partial charge is 0.253 e. The summed E-state index contributed by atoms with van der Waals surface area (Å²) in [7, 11) is -3.75. The highest BCUT2D eigenvalue weighted by Crippen LogP contribution is 2.19. The second-order valence-electron chi connectivity index (χ2n) is 7.00. The monoisotopic (exact) mass is 419 g/mol. The van der Waals surface area contributed by atoms with Gasteiger partial charge in [0.15, 0.2) is 0 Å². The van der Waals surface area contributed by atoms with Crippen molar-refractivity contribution in [1.29, 1.82) is 0 Å². The number of piperidine rings is 1. The molecule has 1 aliphatic rings. The molecule has 0 unspecified atom stereocenters. The average molecular weight is 419 g/mol. The van der Waals surface area contributed by atoms with Gasteiger partial charge in [0.25, 0.3) is 5.91 Å². The summed E-state index contributed by atoms with van der Waals surface area (Å²) in [6.45, 7) is 1.09. The summed E-state index contributed by atoms with van der Waals surface area (Å²) in [4.78, 5) is 26.7. The third kappa shape index (κ3) is 5.39. The van der Waals surface area contributed by atoms with E-state index in [1.807, 2.05) is 0 Å². The van der Waals surface area contributed by atoms with E-state index in [2.05, 4.69) is 5.32 Å². The molecule has 0 aromatic heterocycles. The molecule has 1 saturated heterocycles. The molecule has 29 heavy (non-hydrogen) atoms. The Balaban J connectivity index is 1.56. The first-order valence-corrected chi connectivity index (χ1v) is 10.7. The molecule has 2 amide bonds. The number of amides is 2. The van der Waals surface area contributed by atoms with Gasteiger partial charge in [-0.25, -0.2) is 17.9 Å². The van der Waals surface area contributed by atoms with Crippen molar-refractivity contribution in [2.24, 2.45) is 11.1 Å². The average Bonchev–Trinajstić information content (AvgIpc) is 2.72. The minimum Gasteiger partial charge on any atom is -0.352 e. The van der Waals surface area contributed by atoms with Gasteiger partial charge in [-0.2, -0.15) is 0 Å². The van der Waals surface area contributed by atoms with Gasteiger partial charge in [0.2, 0.25) is 15.9 Å². The Hall–Kier alpha value is -2.78. The van der Waals surface area contributed by atoms with Crippen LogP contribution in [-0.2, 0) is 21.4 Å². The molecule has 3 rings (SSSR count). The number of likely N-dealkylation sites (tertiary alicyclic amines) is 1. The van der Waals surface area contributed by atoms with Crippen LogP contribution in [0, 0.1) is 11.7 Å². The summed E-state index contributed by atoms with van der Waals surface area (Å²) in [5.74, 6) is -1.13. The molecule has 1 heterocycles. The summed E-state index contributed by atoms with van der Waals surface area (Å²) in [5.41, 5.74) is 1.13. The van der Waals surface area contributed by atoms with E-state index in [1.165, 1.54) is 36.4 Å². The largest absolute Gasteiger partial charge is 0.352 e. The number of benzene rings is 2. The first-order chi connectivity index (χ1) is 13.7. The van der Waals surface area contributed by atoms with Crippen molar-refractivity contribution in [3.8, 4) is 0 Å². The minimum absolute atomic E-state index is 0.00908. The first-order valence-electron chi connectivity index (χ1n) is 9.18. The van der Waals surface area contributed by atoms with Crippen molar-refractivity contribution >= 4 is 21.8 Å². The van der Waals surface area contributed by atoms with E-state index in [9.17, 15) is 22.4 Å². The SMILES string of the molecule is NS(=O)(=O)c1ccc(CNC(=O)[C@H]2CCCN(C(=O)c3ccc(F)cc3)C2)cc1. The van der Waals surface area contributed by atoms with Gasteiger partial charge in [0, 0.05) is 25.2 Å². The predicted molar refractivity (Wildman–Crippen MR) is 105 cm³/mol. The van der Waals surface area contributed by atoms with Gasteiger partial charge in [-0.3, -0.25) is 9.59 Å². The molecule has 0 radical (unpaired) electrons. The van der Waals surface area contributed by atoms with Crippen LogP contribution in [0.25, 0.3) is 0 Å². The minimum atomic E-state index is -3.75. The zero-order chi connectivity index (χ0) is 21.0. The van der Waals surface area contributed by atoms with Crippen molar-refractivity contribution in [3.63, 3.8) is 0 Å². The fourth-order valence-corrected chi connectivity index (χ4v) is 3.80. The van der Waals surface area contributed by atoms with Crippen molar-refractivity contribution in [1.82, 2.24) is 10.2 Å². The second kappa shape index (κ2) is 8.71. The zero-order valence-corrected chi connectivity index (χ0v) is 16.5. The van der Waals surface area contributed by atoms with E-state index in [4.69, 9.17) is 5.14 Å². The molecule has 3 N–H and O–H groups in total. The van der Waals surface area contributed by atoms with Crippen LogP contribution in [0.3, 0.4) is 0 Å². The molecule has 1 atom stereocenters. The summed E-state index contributed by atoms with van der Waals surface area (Å²) < 4.78 is 35.6. The van der Waals surface area contributed by atoms with E-state index in [-0.39, 0.29) is 29.2 Å². The molecule has 0 saturated carbocycles. The van der Waals surface area contributed by atoms with Crippen molar-refractivity contribution in [2.75, 3.05) is 13.1 Å². The van der Waals surface area contributed by atoms with E-state index in [0.29, 0.717) is 31.5 Å². The maximum Gasteiger partial charge on any atom is 0.253 e. The number of nitrogens with two attached hydrogens (primary N) is 1. The molecule has 9 heteroatoms. The normalized spacial score (nSPS) is 17.0. The van der Waals surface area contributed by atoms with E-state index in [0.717, 1.165) is 5.56 Å². The van der Waals surface area contributed by atoms with E-state index >= 15 is 0 Å². The van der Waals surface area contributed by atoms with Gasteiger partial charge in [0.05, 0.1) is 10.8 Å². The van der Waals surface area contributed by atoms with Gasteiger partial charge in [-0.1, -0.05) is 12.1 Å². The van der Waals surface area contributed by atoms with Crippen molar-refractivity contribution < 1.29 is 22.4 Å². The van der Waals surface area contributed by atoms with Crippen LogP contribution in [0.1, 0.15) is 28.8 Å². The Kier molecular flexibility index (Phi) is 6.29. The van der Waals surface area contributed by atoms with Crippen LogP contribution >= 0.6 is 0 Å². The fraction of sp³-hybridized carbons (Fsp3) is 0.300. The third-order valence-corrected chi connectivity index (χ3v) is 5.82. The number of carbonyl (C=O) groups is 2. The molecular formula is C20H22FN3O4S. The van der Waals surface area contributed by atoms with E-state index in [1.54, 1.807) is 17.0 Å². The number of nitrogens with zero attached hydrogens (tertiary/aromatic N) is 1. The molecule has 2 aromatic rings. The number of sulfonamides is 1. The van der Waals surface area contributed by atoms with E-state index < -0.39 is 15.8 Å². The van der Waals surface area contributed by atoms with Gasteiger partial charge in [0.1, 0.15) is 5.82 Å². The molecule has 0 spiro atoms. The molecule has 154 valence electrons. The summed E-state index contributed by atoms with van der Waals surface area (Å²) in [6, 6.07) is 11.3.